The molecule has 0 amide bonds. The van der Waals surface area contributed by atoms with Crippen LogP contribution in [-0.2, 0) is 0 Å². The molecule has 2 aliphatic carbocycles. The fraction of sp³-hybridized carbons (Fsp3) is 1.00. The lowest BCUT2D eigenvalue weighted by atomic mass is 9.89. The Labute approximate surface area is 101 Å². The minimum absolute atomic E-state index is 0.485. The first kappa shape index (κ1) is 12.4. The van der Waals surface area contributed by atoms with Gasteiger partial charge in [-0.3, -0.25) is 0 Å². The van der Waals surface area contributed by atoms with Gasteiger partial charge < -0.3 is 10.6 Å². The smallest absolute Gasteiger partial charge is 0.00962 e. The second kappa shape index (κ2) is 6.02. The maximum atomic E-state index is 5.98. The number of nitrogens with zero attached hydrogens (tertiary/aromatic N) is 1. The lowest BCUT2D eigenvalue weighted by Gasteiger charge is -2.38. The maximum absolute atomic E-state index is 5.98. The molecule has 16 heavy (non-hydrogen) atoms. The number of rotatable bonds is 2. The van der Waals surface area contributed by atoms with Crippen LogP contribution < -0.4 is 5.73 Å². The second-order valence-corrected chi connectivity index (χ2v) is 5.88. The van der Waals surface area contributed by atoms with Crippen molar-refractivity contribution >= 4 is 0 Å². The molecule has 0 atom stereocenters. The molecule has 2 aliphatic rings. The summed E-state index contributed by atoms with van der Waals surface area (Å²) in [6.45, 7) is 0. The molecule has 0 saturated heterocycles. The van der Waals surface area contributed by atoms with Crippen LogP contribution in [0, 0.1) is 0 Å². The third-order valence-corrected chi connectivity index (χ3v) is 4.72. The van der Waals surface area contributed by atoms with Gasteiger partial charge in [0.1, 0.15) is 0 Å². The Bertz CT molecular complexity index is 189. The van der Waals surface area contributed by atoms with Crippen molar-refractivity contribution in [2.75, 3.05) is 7.05 Å². The maximum Gasteiger partial charge on any atom is 0.00962 e. The highest BCUT2D eigenvalue weighted by molar-refractivity contribution is 4.84. The first-order valence-corrected chi connectivity index (χ1v) is 7.25. The molecule has 0 aliphatic heterocycles. The van der Waals surface area contributed by atoms with Crippen LogP contribution in [0.1, 0.15) is 64.2 Å². The Kier molecular flexibility index (Phi) is 4.66. The van der Waals surface area contributed by atoms with E-state index in [9.17, 15) is 0 Å². The fourth-order valence-corrected chi connectivity index (χ4v) is 3.47. The van der Waals surface area contributed by atoms with E-state index in [0.29, 0.717) is 6.04 Å². The fourth-order valence-electron chi connectivity index (χ4n) is 3.47. The number of hydrogen-bond donors (Lipinski definition) is 1. The number of hydrogen-bond acceptors (Lipinski definition) is 2. The molecular formula is C14H28N2. The lowest BCUT2D eigenvalue weighted by Crippen LogP contribution is -2.43. The first-order chi connectivity index (χ1) is 7.77. The molecule has 0 aromatic rings. The second-order valence-electron chi connectivity index (χ2n) is 5.88. The summed E-state index contributed by atoms with van der Waals surface area (Å²) in [4.78, 5) is 2.69. The van der Waals surface area contributed by atoms with Gasteiger partial charge in [0, 0.05) is 18.1 Å². The van der Waals surface area contributed by atoms with Crippen LogP contribution in [-0.4, -0.2) is 30.1 Å². The highest BCUT2D eigenvalue weighted by Crippen LogP contribution is 2.27. The van der Waals surface area contributed by atoms with Gasteiger partial charge in [0.25, 0.3) is 0 Å². The van der Waals surface area contributed by atoms with E-state index in [1.807, 2.05) is 0 Å². The largest absolute Gasteiger partial charge is 0.328 e. The molecule has 2 N–H and O–H groups in total. The van der Waals surface area contributed by atoms with Gasteiger partial charge in [-0.1, -0.05) is 25.7 Å². The molecule has 2 fully saturated rings. The van der Waals surface area contributed by atoms with Gasteiger partial charge in [0.15, 0.2) is 0 Å². The summed E-state index contributed by atoms with van der Waals surface area (Å²) >= 11 is 0. The minimum atomic E-state index is 0.485. The summed E-state index contributed by atoms with van der Waals surface area (Å²) < 4.78 is 0. The van der Waals surface area contributed by atoms with Crippen molar-refractivity contribution in [1.82, 2.24) is 4.90 Å². The van der Waals surface area contributed by atoms with E-state index in [2.05, 4.69) is 11.9 Å². The summed E-state index contributed by atoms with van der Waals surface area (Å²) in [5.74, 6) is 0. The summed E-state index contributed by atoms with van der Waals surface area (Å²) in [5, 5.41) is 0. The van der Waals surface area contributed by atoms with E-state index in [4.69, 9.17) is 5.73 Å². The summed E-state index contributed by atoms with van der Waals surface area (Å²) in [5.41, 5.74) is 5.98. The normalized spacial score (nSPS) is 33.9. The zero-order valence-electron chi connectivity index (χ0n) is 10.8. The Morgan fingerprint density at radius 1 is 0.750 bits per heavy atom. The van der Waals surface area contributed by atoms with E-state index in [1.165, 1.54) is 64.2 Å². The first-order valence-electron chi connectivity index (χ1n) is 7.25. The van der Waals surface area contributed by atoms with Crippen molar-refractivity contribution < 1.29 is 0 Å². The van der Waals surface area contributed by atoms with E-state index in [0.717, 1.165) is 12.1 Å². The average molecular weight is 224 g/mol. The Balaban J connectivity index is 1.83. The number of nitrogens with two attached hydrogens (primary N) is 1. The van der Waals surface area contributed by atoms with Crippen molar-refractivity contribution in [3.05, 3.63) is 0 Å². The lowest BCUT2D eigenvalue weighted by molar-refractivity contribution is 0.121. The van der Waals surface area contributed by atoms with E-state index in [1.54, 1.807) is 0 Å². The Morgan fingerprint density at radius 2 is 1.25 bits per heavy atom. The van der Waals surface area contributed by atoms with Gasteiger partial charge in [-0.2, -0.15) is 0 Å². The molecule has 0 unspecified atom stereocenters. The molecule has 0 radical (unpaired) electrons. The molecule has 2 saturated carbocycles. The molecule has 0 heterocycles. The predicted molar refractivity (Wildman–Crippen MR) is 69.5 cm³/mol. The summed E-state index contributed by atoms with van der Waals surface area (Å²) in [7, 11) is 2.36. The van der Waals surface area contributed by atoms with Crippen molar-refractivity contribution in [3.8, 4) is 0 Å². The van der Waals surface area contributed by atoms with E-state index in [-0.39, 0.29) is 0 Å². The summed E-state index contributed by atoms with van der Waals surface area (Å²) in [6, 6.07) is 2.17. The van der Waals surface area contributed by atoms with Crippen molar-refractivity contribution in [1.29, 1.82) is 0 Å². The third-order valence-electron chi connectivity index (χ3n) is 4.72. The zero-order valence-corrected chi connectivity index (χ0v) is 10.8. The van der Waals surface area contributed by atoms with Crippen LogP contribution in [0.3, 0.4) is 0 Å². The minimum Gasteiger partial charge on any atom is -0.328 e. The molecule has 0 aromatic carbocycles. The standard InChI is InChI=1S/C14H28N2/c1-16(13-6-4-2-3-5-7-13)14-10-8-12(15)9-11-14/h12-14H,2-11,15H2,1H3. The summed E-state index contributed by atoms with van der Waals surface area (Å²) in [6.07, 6.45) is 13.8. The van der Waals surface area contributed by atoms with E-state index < -0.39 is 0 Å². The SMILES string of the molecule is CN(C1CCCCCC1)C1CCC(N)CC1. The van der Waals surface area contributed by atoms with Crippen LogP contribution in [0.5, 0.6) is 0 Å². The molecule has 2 rings (SSSR count). The van der Waals surface area contributed by atoms with Crippen LogP contribution in [0.4, 0.5) is 0 Å². The topological polar surface area (TPSA) is 29.3 Å². The van der Waals surface area contributed by atoms with Crippen molar-refractivity contribution in [3.63, 3.8) is 0 Å². The molecule has 94 valence electrons. The third kappa shape index (κ3) is 3.21. The van der Waals surface area contributed by atoms with Crippen LogP contribution in [0.15, 0.2) is 0 Å². The van der Waals surface area contributed by atoms with Crippen molar-refractivity contribution in [2.45, 2.75) is 82.3 Å². The quantitative estimate of drug-likeness (QED) is 0.731. The predicted octanol–water partition coefficient (Wildman–Crippen LogP) is 2.91. The molecule has 0 spiro atoms. The van der Waals surface area contributed by atoms with Gasteiger partial charge in [-0.05, 0) is 45.6 Å². The molecule has 0 aromatic heterocycles. The van der Waals surface area contributed by atoms with Crippen LogP contribution in [0.25, 0.3) is 0 Å². The van der Waals surface area contributed by atoms with Crippen molar-refractivity contribution in [2.24, 2.45) is 5.73 Å². The molecule has 0 bridgehead atoms. The van der Waals surface area contributed by atoms with Gasteiger partial charge in [-0.15, -0.1) is 0 Å². The van der Waals surface area contributed by atoms with Gasteiger partial charge >= 0.3 is 0 Å². The van der Waals surface area contributed by atoms with Gasteiger partial charge in [-0.25, -0.2) is 0 Å². The molecule has 2 nitrogen and oxygen atoms in total. The average Bonchev–Trinajstić information content (AvgIpc) is 2.57. The van der Waals surface area contributed by atoms with Crippen LogP contribution in [0.2, 0.25) is 0 Å². The monoisotopic (exact) mass is 224 g/mol. The molecular weight excluding hydrogens is 196 g/mol. The highest BCUT2D eigenvalue weighted by atomic mass is 15.2. The van der Waals surface area contributed by atoms with Gasteiger partial charge in [0.05, 0.1) is 0 Å². The Hall–Kier alpha value is -0.0800. The van der Waals surface area contributed by atoms with Gasteiger partial charge in [0.2, 0.25) is 0 Å². The van der Waals surface area contributed by atoms with Crippen LogP contribution >= 0.6 is 0 Å². The highest BCUT2D eigenvalue weighted by Gasteiger charge is 2.26. The Morgan fingerprint density at radius 3 is 1.81 bits per heavy atom. The molecule has 2 heteroatoms. The zero-order chi connectivity index (χ0) is 11.4. The van der Waals surface area contributed by atoms with E-state index >= 15 is 0 Å².